The lowest BCUT2D eigenvalue weighted by Gasteiger charge is -2.16. The standard InChI is InChI=1S/C16H17N3O2S/c1-10-3-5-13(6-4-10)19-9-12(7-14(19)20)15(21)18-16-17-8-11(2)22-16/h3-6,8,12H,7,9H2,1-2H3,(H,17,18,21). The molecule has 1 fully saturated rings. The molecule has 1 atom stereocenters. The Morgan fingerprint density at radius 1 is 1.32 bits per heavy atom. The van der Waals surface area contributed by atoms with E-state index in [2.05, 4.69) is 10.3 Å². The van der Waals surface area contributed by atoms with Crippen LogP contribution in [0.2, 0.25) is 0 Å². The Balaban J connectivity index is 1.68. The molecule has 1 aromatic carbocycles. The molecule has 1 N–H and O–H groups in total. The summed E-state index contributed by atoms with van der Waals surface area (Å²) in [5.74, 6) is -0.491. The number of carbonyl (C=O) groups is 2. The number of anilines is 2. The van der Waals surface area contributed by atoms with Gasteiger partial charge < -0.3 is 10.2 Å². The Morgan fingerprint density at radius 2 is 2.05 bits per heavy atom. The number of rotatable bonds is 3. The van der Waals surface area contributed by atoms with Crippen LogP contribution in [0.3, 0.4) is 0 Å². The number of hydrogen-bond donors (Lipinski definition) is 1. The molecule has 1 unspecified atom stereocenters. The predicted octanol–water partition coefficient (Wildman–Crippen LogP) is 2.75. The molecule has 1 saturated heterocycles. The first kappa shape index (κ1) is 14.7. The zero-order valence-corrected chi connectivity index (χ0v) is 13.3. The number of nitrogens with zero attached hydrogens (tertiary/aromatic N) is 2. The number of aromatic nitrogens is 1. The van der Waals surface area contributed by atoms with E-state index in [-0.39, 0.29) is 24.2 Å². The van der Waals surface area contributed by atoms with Crippen LogP contribution in [0, 0.1) is 19.8 Å². The lowest BCUT2D eigenvalue weighted by Crippen LogP contribution is -2.28. The van der Waals surface area contributed by atoms with Crippen molar-refractivity contribution in [2.75, 3.05) is 16.8 Å². The highest BCUT2D eigenvalue weighted by molar-refractivity contribution is 7.15. The van der Waals surface area contributed by atoms with Crippen LogP contribution in [-0.2, 0) is 9.59 Å². The van der Waals surface area contributed by atoms with Crippen molar-refractivity contribution in [3.8, 4) is 0 Å². The summed E-state index contributed by atoms with van der Waals surface area (Å²) in [6.07, 6.45) is 1.96. The Labute approximate surface area is 133 Å². The smallest absolute Gasteiger partial charge is 0.231 e. The van der Waals surface area contributed by atoms with Crippen LogP contribution in [0.25, 0.3) is 0 Å². The fourth-order valence-electron chi connectivity index (χ4n) is 2.48. The van der Waals surface area contributed by atoms with E-state index in [1.54, 1.807) is 11.1 Å². The van der Waals surface area contributed by atoms with Gasteiger partial charge in [-0.05, 0) is 26.0 Å². The summed E-state index contributed by atoms with van der Waals surface area (Å²) < 4.78 is 0. The van der Waals surface area contributed by atoms with Gasteiger partial charge in [0.25, 0.3) is 0 Å². The summed E-state index contributed by atoms with van der Waals surface area (Å²) in [7, 11) is 0. The number of benzene rings is 1. The van der Waals surface area contributed by atoms with Crippen molar-refractivity contribution >= 4 is 34.0 Å². The minimum Gasteiger partial charge on any atom is -0.312 e. The monoisotopic (exact) mass is 315 g/mol. The maximum absolute atomic E-state index is 12.3. The highest BCUT2D eigenvalue weighted by Crippen LogP contribution is 2.27. The Bertz CT molecular complexity index is 708. The molecule has 0 aliphatic carbocycles. The summed E-state index contributed by atoms with van der Waals surface area (Å²) in [6.45, 7) is 4.35. The average molecular weight is 315 g/mol. The molecule has 1 aliphatic heterocycles. The van der Waals surface area contributed by atoms with Gasteiger partial charge in [-0.1, -0.05) is 17.7 Å². The summed E-state index contributed by atoms with van der Waals surface area (Å²) in [5.41, 5.74) is 1.99. The van der Waals surface area contributed by atoms with E-state index in [1.165, 1.54) is 11.3 Å². The fourth-order valence-corrected chi connectivity index (χ4v) is 3.14. The van der Waals surface area contributed by atoms with Crippen molar-refractivity contribution < 1.29 is 9.59 Å². The van der Waals surface area contributed by atoms with Gasteiger partial charge in [-0.15, -0.1) is 11.3 Å². The second-order valence-electron chi connectivity index (χ2n) is 5.51. The molecule has 6 heteroatoms. The Morgan fingerprint density at radius 3 is 2.68 bits per heavy atom. The second-order valence-corrected chi connectivity index (χ2v) is 6.74. The SMILES string of the molecule is Cc1ccc(N2CC(C(=O)Nc3ncc(C)s3)CC2=O)cc1. The second kappa shape index (κ2) is 5.88. The number of hydrogen-bond acceptors (Lipinski definition) is 4. The largest absolute Gasteiger partial charge is 0.312 e. The molecule has 1 aliphatic rings. The summed E-state index contributed by atoms with van der Waals surface area (Å²) in [5, 5.41) is 3.38. The van der Waals surface area contributed by atoms with E-state index < -0.39 is 0 Å². The van der Waals surface area contributed by atoms with E-state index in [0.717, 1.165) is 16.1 Å². The molecular weight excluding hydrogens is 298 g/mol. The summed E-state index contributed by atoms with van der Waals surface area (Å²) in [4.78, 5) is 31.3. The van der Waals surface area contributed by atoms with Crippen LogP contribution in [0.1, 0.15) is 16.9 Å². The molecule has 5 nitrogen and oxygen atoms in total. The molecule has 2 aromatic rings. The normalized spacial score (nSPS) is 17.8. The van der Waals surface area contributed by atoms with Gasteiger partial charge >= 0.3 is 0 Å². The van der Waals surface area contributed by atoms with Gasteiger partial charge in [0, 0.05) is 29.7 Å². The van der Waals surface area contributed by atoms with Gasteiger partial charge in [-0.3, -0.25) is 9.59 Å². The van der Waals surface area contributed by atoms with E-state index in [0.29, 0.717) is 11.7 Å². The first-order valence-electron chi connectivity index (χ1n) is 7.13. The van der Waals surface area contributed by atoms with Crippen LogP contribution < -0.4 is 10.2 Å². The lowest BCUT2D eigenvalue weighted by atomic mass is 10.1. The maximum atomic E-state index is 12.3. The lowest BCUT2D eigenvalue weighted by molar-refractivity contribution is -0.122. The van der Waals surface area contributed by atoms with Crippen molar-refractivity contribution in [3.05, 3.63) is 40.9 Å². The van der Waals surface area contributed by atoms with Crippen molar-refractivity contribution in [1.82, 2.24) is 4.98 Å². The predicted molar refractivity (Wildman–Crippen MR) is 87.1 cm³/mol. The minimum absolute atomic E-state index is 0.0145. The first-order valence-corrected chi connectivity index (χ1v) is 7.95. The van der Waals surface area contributed by atoms with Crippen LogP contribution in [0.4, 0.5) is 10.8 Å². The van der Waals surface area contributed by atoms with Crippen LogP contribution >= 0.6 is 11.3 Å². The van der Waals surface area contributed by atoms with E-state index >= 15 is 0 Å². The third-order valence-electron chi connectivity index (χ3n) is 3.69. The maximum Gasteiger partial charge on any atom is 0.231 e. The average Bonchev–Trinajstić information content (AvgIpc) is 3.06. The van der Waals surface area contributed by atoms with E-state index in [9.17, 15) is 9.59 Å². The van der Waals surface area contributed by atoms with Gasteiger partial charge in [-0.2, -0.15) is 0 Å². The van der Waals surface area contributed by atoms with Gasteiger partial charge in [-0.25, -0.2) is 4.98 Å². The Hall–Kier alpha value is -2.21. The molecule has 0 bridgehead atoms. The zero-order chi connectivity index (χ0) is 15.7. The summed E-state index contributed by atoms with van der Waals surface area (Å²) in [6, 6.07) is 7.76. The number of nitrogens with one attached hydrogen (secondary N) is 1. The van der Waals surface area contributed by atoms with Gasteiger partial charge in [0.1, 0.15) is 0 Å². The molecule has 22 heavy (non-hydrogen) atoms. The van der Waals surface area contributed by atoms with Crippen LogP contribution in [0.5, 0.6) is 0 Å². The number of thiazole rings is 1. The molecule has 2 heterocycles. The number of carbonyl (C=O) groups excluding carboxylic acids is 2. The van der Waals surface area contributed by atoms with Crippen LogP contribution in [-0.4, -0.2) is 23.3 Å². The van der Waals surface area contributed by atoms with Crippen molar-refractivity contribution in [1.29, 1.82) is 0 Å². The minimum atomic E-state index is -0.335. The molecule has 1 aromatic heterocycles. The topological polar surface area (TPSA) is 62.3 Å². The highest BCUT2D eigenvalue weighted by Gasteiger charge is 2.35. The van der Waals surface area contributed by atoms with Gasteiger partial charge in [0.15, 0.2) is 5.13 Å². The Kier molecular flexibility index (Phi) is 3.94. The van der Waals surface area contributed by atoms with Gasteiger partial charge in [0.2, 0.25) is 11.8 Å². The van der Waals surface area contributed by atoms with Gasteiger partial charge in [0.05, 0.1) is 5.92 Å². The molecule has 114 valence electrons. The molecule has 2 amide bonds. The van der Waals surface area contributed by atoms with Crippen LogP contribution in [0.15, 0.2) is 30.5 Å². The zero-order valence-electron chi connectivity index (χ0n) is 12.5. The third kappa shape index (κ3) is 3.01. The third-order valence-corrected chi connectivity index (χ3v) is 4.52. The molecule has 0 saturated carbocycles. The number of aryl methyl sites for hydroxylation is 2. The molecule has 0 radical (unpaired) electrons. The van der Waals surface area contributed by atoms with E-state index in [4.69, 9.17) is 0 Å². The molecular formula is C16H17N3O2S. The summed E-state index contributed by atoms with van der Waals surface area (Å²) >= 11 is 1.43. The first-order chi connectivity index (χ1) is 10.5. The van der Waals surface area contributed by atoms with E-state index in [1.807, 2.05) is 38.1 Å². The quantitative estimate of drug-likeness (QED) is 0.947. The van der Waals surface area contributed by atoms with Crippen molar-refractivity contribution in [2.24, 2.45) is 5.92 Å². The molecule has 3 rings (SSSR count). The van der Waals surface area contributed by atoms with Crippen molar-refractivity contribution in [2.45, 2.75) is 20.3 Å². The van der Waals surface area contributed by atoms with Crippen molar-refractivity contribution in [3.63, 3.8) is 0 Å². The highest BCUT2D eigenvalue weighted by atomic mass is 32.1. The molecule has 0 spiro atoms. The fraction of sp³-hybridized carbons (Fsp3) is 0.312. The number of amides is 2.